The summed E-state index contributed by atoms with van der Waals surface area (Å²) in [5.41, 5.74) is 11.6. The van der Waals surface area contributed by atoms with Crippen LogP contribution in [0.25, 0.3) is 16.7 Å². The largest absolute Gasteiger partial charge is 0.379 e. The van der Waals surface area contributed by atoms with Gasteiger partial charge in [0, 0.05) is 47.1 Å². The van der Waals surface area contributed by atoms with Crippen molar-refractivity contribution in [1.82, 2.24) is 24.7 Å². The lowest BCUT2D eigenvalue weighted by Crippen LogP contribution is -2.25. The summed E-state index contributed by atoms with van der Waals surface area (Å²) in [6, 6.07) is 13.7. The first-order chi connectivity index (χ1) is 15.8. The van der Waals surface area contributed by atoms with Crippen LogP contribution in [0.15, 0.2) is 67.1 Å². The van der Waals surface area contributed by atoms with Gasteiger partial charge in [-0.15, -0.1) is 0 Å². The Bertz CT molecular complexity index is 1350. The smallest absolute Gasteiger partial charge is 0.220 e. The predicted molar refractivity (Wildman–Crippen MR) is 128 cm³/mol. The molecule has 166 valence electrons. The molecule has 3 aromatic heterocycles. The monoisotopic (exact) mass is 438 g/mol. The van der Waals surface area contributed by atoms with E-state index in [-0.39, 0.29) is 12.0 Å². The SMILES string of the molecule is CC(C)n1cc(-c2cnc3c(c2)C(c2cc([C@@](C)(O)c4ccccc4)nc(N)n2)=CC3)cn1. The molecule has 0 radical (unpaired) electrons. The van der Waals surface area contributed by atoms with Gasteiger partial charge in [-0.25, -0.2) is 9.97 Å². The standard InChI is InChI=1S/C26H26N6O/c1-16(2)32-15-18(14-29-32)17-11-21-20(9-10-22(21)28-13-17)23-12-24(31-25(27)30-23)26(3,33)19-7-5-4-6-8-19/h4-9,11-16,33H,10H2,1-3H3,(H2,27,30,31)/t26-/m0/s1. The molecule has 0 aliphatic heterocycles. The number of hydrogen-bond acceptors (Lipinski definition) is 6. The van der Waals surface area contributed by atoms with Gasteiger partial charge in [-0.05, 0) is 38.5 Å². The van der Waals surface area contributed by atoms with Crippen LogP contribution in [-0.4, -0.2) is 29.8 Å². The molecule has 1 aliphatic rings. The van der Waals surface area contributed by atoms with Gasteiger partial charge in [0.1, 0.15) is 5.60 Å². The Kier molecular flexibility index (Phi) is 5.06. The first kappa shape index (κ1) is 21.0. The summed E-state index contributed by atoms with van der Waals surface area (Å²) in [6.07, 6.45) is 8.59. The van der Waals surface area contributed by atoms with Crippen molar-refractivity contribution >= 4 is 11.5 Å². The number of aromatic nitrogens is 5. The van der Waals surface area contributed by atoms with Gasteiger partial charge in [-0.3, -0.25) is 9.67 Å². The first-order valence-electron chi connectivity index (χ1n) is 11.0. The third kappa shape index (κ3) is 3.81. The second-order valence-corrected chi connectivity index (χ2v) is 8.78. The van der Waals surface area contributed by atoms with Gasteiger partial charge in [0.2, 0.25) is 5.95 Å². The summed E-state index contributed by atoms with van der Waals surface area (Å²) < 4.78 is 1.93. The van der Waals surface area contributed by atoms with E-state index in [1.807, 2.05) is 59.7 Å². The molecule has 4 aromatic rings. The van der Waals surface area contributed by atoms with E-state index >= 15 is 0 Å². The molecule has 33 heavy (non-hydrogen) atoms. The zero-order valence-electron chi connectivity index (χ0n) is 18.9. The second kappa shape index (κ2) is 7.94. The quantitative estimate of drug-likeness (QED) is 0.485. The number of pyridine rings is 1. The molecule has 0 amide bonds. The molecule has 0 unspecified atom stereocenters. The van der Waals surface area contributed by atoms with Crippen molar-refractivity contribution in [3.63, 3.8) is 0 Å². The Morgan fingerprint density at radius 2 is 1.85 bits per heavy atom. The molecule has 0 bridgehead atoms. The first-order valence-corrected chi connectivity index (χ1v) is 11.0. The van der Waals surface area contributed by atoms with Crippen molar-refractivity contribution in [2.45, 2.75) is 38.8 Å². The van der Waals surface area contributed by atoms with Crippen LogP contribution in [0.3, 0.4) is 0 Å². The van der Waals surface area contributed by atoms with Crippen LogP contribution in [0.4, 0.5) is 5.95 Å². The summed E-state index contributed by atoms with van der Waals surface area (Å²) >= 11 is 0. The van der Waals surface area contributed by atoms with E-state index in [4.69, 9.17) is 10.7 Å². The third-order valence-corrected chi connectivity index (χ3v) is 6.08. The highest BCUT2D eigenvalue weighted by Gasteiger charge is 2.29. The molecule has 1 atom stereocenters. The molecule has 5 rings (SSSR count). The number of allylic oxidation sites excluding steroid dienone is 1. The highest BCUT2D eigenvalue weighted by atomic mass is 16.3. The molecular weight excluding hydrogens is 412 g/mol. The summed E-state index contributed by atoms with van der Waals surface area (Å²) in [5, 5.41) is 15.7. The maximum Gasteiger partial charge on any atom is 0.220 e. The van der Waals surface area contributed by atoms with Crippen LogP contribution in [-0.2, 0) is 12.0 Å². The lowest BCUT2D eigenvalue weighted by molar-refractivity contribution is 0.0974. The van der Waals surface area contributed by atoms with Crippen molar-refractivity contribution < 1.29 is 5.11 Å². The molecule has 0 fully saturated rings. The predicted octanol–water partition coefficient (Wildman–Crippen LogP) is 4.14. The summed E-state index contributed by atoms with van der Waals surface area (Å²) in [4.78, 5) is 13.5. The van der Waals surface area contributed by atoms with Crippen molar-refractivity contribution in [3.8, 4) is 11.1 Å². The van der Waals surface area contributed by atoms with Gasteiger partial charge in [-0.2, -0.15) is 5.10 Å². The average molecular weight is 439 g/mol. The molecule has 1 aliphatic carbocycles. The van der Waals surface area contributed by atoms with Gasteiger partial charge in [0.25, 0.3) is 0 Å². The zero-order valence-corrected chi connectivity index (χ0v) is 18.9. The zero-order chi connectivity index (χ0) is 23.2. The second-order valence-electron chi connectivity index (χ2n) is 8.78. The van der Waals surface area contributed by atoms with Crippen LogP contribution >= 0.6 is 0 Å². The summed E-state index contributed by atoms with van der Waals surface area (Å²) in [6.45, 7) is 5.91. The van der Waals surface area contributed by atoms with E-state index in [0.717, 1.165) is 33.5 Å². The van der Waals surface area contributed by atoms with Gasteiger partial charge < -0.3 is 10.8 Å². The molecular formula is C26H26N6O. The number of rotatable bonds is 5. The number of hydrogen-bond donors (Lipinski definition) is 2. The molecule has 0 saturated carbocycles. The van der Waals surface area contributed by atoms with Crippen molar-refractivity contribution in [2.75, 3.05) is 5.73 Å². The molecule has 0 spiro atoms. The molecule has 7 nitrogen and oxygen atoms in total. The molecule has 1 aromatic carbocycles. The summed E-state index contributed by atoms with van der Waals surface area (Å²) in [5.74, 6) is 0.121. The molecule has 7 heteroatoms. The molecule has 3 heterocycles. The van der Waals surface area contributed by atoms with Crippen molar-refractivity contribution in [2.24, 2.45) is 0 Å². The number of fused-ring (bicyclic) bond motifs is 1. The molecule has 0 saturated heterocycles. The van der Waals surface area contributed by atoms with Gasteiger partial charge in [-0.1, -0.05) is 36.4 Å². The number of nitrogen functional groups attached to an aromatic ring is 1. The van der Waals surface area contributed by atoms with Crippen molar-refractivity contribution in [3.05, 3.63) is 95.3 Å². The van der Waals surface area contributed by atoms with Crippen molar-refractivity contribution in [1.29, 1.82) is 0 Å². The minimum atomic E-state index is -1.30. The number of nitrogens with zero attached hydrogens (tertiary/aromatic N) is 5. The number of nitrogens with two attached hydrogens (primary N) is 1. The van der Waals surface area contributed by atoms with E-state index in [1.54, 1.807) is 6.92 Å². The normalized spacial score (nSPS) is 14.8. The molecule has 3 N–H and O–H groups in total. The van der Waals surface area contributed by atoms with E-state index in [0.29, 0.717) is 17.8 Å². The average Bonchev–Trinajstić information content (AvgIpc) is 3.46. The van der Waals surface area contributed by atoms with Crippen LogP contribution < -0.4 is 5.73 Å². The van der Waals surface area contributed by atoms with Crippen LogP contribution in [0.5, 0.6) is 0 Å². The third-order valence-electron chi connectivity index (χ3n) is 6.08. The van der Waals surface area contributed by atoms with Gasteiger partial charge in [0.05, 0.1) is 23.3 Å². The highest BCUT2D eigenvalue weighted by Crippen LogP contribution is 2.36. The number of aliphatic hydroxyl groups is 1. The van der Waals surface area contributed by atoms with Gasteiger partial charge in [0.15, 0.2) is 0 Å². The lowest BCUT2D eigenvalue weighted by Gasteiger charge is -2.24. The number of anilines is 1. The summed E-state index contributed by atoms with van der Waals surface area (Å²) in [7, 11) is 0. The van der Waals surface area contributed by atoms with Gasteiger partial charge >= 0.3 is 0 Å². The Morgan fingerprint density at radius 3 is 2.58 bits per heavy atom. The fourth-order valence-corrected chi connectivity index (χ4v) is 4.13. The number of benzene rings is 1. The topological polar surface area (TPSA) is 103 Å². The minimum Gasteiger partial charge on any atom is -0.379 e. The van der Waals surface area contributed by atoms with Crippen LogP contribution in [0, 0.1) is 0 Å². The highest BCUT2D eigenvalue weighted by molar-refractivity contribution is 5.84. The Balaban J connectivity index is 1.55. The Labute approximate surface area is 192 Å². The fraction of sp³-hybridized carbons (Fsp3) is 0.231. The lowest BCUT2D eigenvalue weighted by atomic mass is 9.91. The Morgan fingerprint density at radius 1 is 1.06 bits per heavy atom. The van der Waals surface area contributed by atoms with E-state index in [2.05, 4.69) is 41.1 Å². The van der Waals surface area contributed by atoms with E-state index < -0.39 is 5.60 Å². The van der Waals surface area contributed by atoms with Crippen LogP contribution in [0.2, 0.25) is 0 Å². The van der Waals surface area contributed by atoms with E-state index in [1.165, 1.54) is 0 Å². The van der Waals surface area contributed by atoms with Crippen LogP contribution in [0.1, 0.15) is 55.0 Å². The van der Waals surface area contributed by atoms with E-state index in [9.17, 15) is 5.11 Å². The maximum absolute atomic E-state index is 11.3. The minimum absolute atomic E-state index is 0.121. The maximum atomic E-state index is 11.3. The Hall–Kier alpha value is -3.84. The fourth-order valence-electron chi connectivity index (χ4n) is 4.13.